The number of hydrogen-bond donors (Lipinski definition) is 0. The molecule has 1 atom stereocenters. The number of carbonyl (C=O) groups is 1. The van der Waals surface area contributed by atoms with Gasteiger partial charge in [-0.1, -0.05) is 89.4 Å². The normalized spacial score (nSPS) is 15.5. The van der Waals surface area contributed by atoms with Crippen molar-refractivity contribution in [2.24, 2.45) is 5.41 Å². The molecule has 0 aliphatic carbocycles. The Morgan fingerprint density at radius 3 is 1.95 bits per heavy atom. The first kappa shape index (κ1) is 29.1. The van der Waals surface area contributed by atoms with E-state index in [1.54, 1.807) is 23.1 Å². The van der Waals surface area contributed by atoms with Crippen LogP contribution >= 0.6 is 47.0 Å². The fraction of sp³-hybridized carbons (Fsp3) is 0.182. The average Bonchev–Trinajstić information content (AvgIpc) is 2.98. The second-order valence-corrected chi connectivity index (χ2v) is 11.9. The second kappa shape index (κ2) is 12.2. The zero-order chi connectivity index (χ0) is 29.1. The number of halogens is 3. The maximum Gasteiger partial charge on any atom is 0.242 e. The van der Waals surface area contributed by atoms with Crippen LogP contribution in [0.3, 0.4) is 0 Å². The van der Waals surface area contributed by atoms with Gasteiger partial charge in [-0.3, -0.25) is 9.69 Å². The Labute approximate surface area is 260 Å². The van der Waals surface area contributed by atoms with Gasteiger partial charge in [0.05, 0.1) is 27.7 Å². The number of benzene rings is 4. The highest BCUT2D eigenvalue weighted by atomic mass is 35.5. The van der Waals surface area contributed by atoms with Gasteiger partial charge in [-0.05, 0) is 91.1 Å². The van der Waals surface area contributed by atoms with E-state index in [1.165, 1.54) is 0 Å². The van der Waals surface area contributed by atoms with E-state index in [0.29, 0.717) is 45.8 Å². The minimum absolute atomic E-state index is 0.122. The fourth-order valence-corrected chi connectivity index (χ4v) is 6.28. The lowest BCUT2D eigenvalue weighted by molar-refractivity contribution is -0.129. The van der Waals surface area contributed by atoms with Gasteiger partial charge in [-0.2, -0.15) is 5.26 Å². The molecule has 0 N–H and O–H groups in total. The van der Waals surface area contributed by atoms with Crippen LogP contribution in [-0.2, 0) is 17.6 Å². The van der Waals surface area contributed by atoms with Crippen LogP contribution < -0.4 is 4.90 Å². The quantitative estimate of drug-likeness (QED) is 0.194. The standard InChI is InChI=1S/C33H26Cl3N3OS/c1-22(25-5-3-2-4-6-25)38-21-33(18-23-7-12-27(34)13-8-23,19-24-9-14-28(35)15-10-24)31(40)39(32(38)41)29-16-11-26(20-37)30(36)17-29/h2-17,22H,18-19,21H2,1H3/t22-/m0/s1. The van der Waals surface area contributed by atoms with Crippen molar-refractivity contribution in [3.63, 3.8) is 0 Å². The molecule has 206 valence electrons. The molecule has 4 nitrogen and oxygen atoms in total. The van der Waals surface area contributed by atoms with Crippen molar-refractivity contribution >= 4 is 63.7 Å². The van der Waals surface area contributed by atoms with Gasteiger partial charge >= 0.3 is 0 Å². The van der Waals surface area contributed by atoms with Crippen LogP contribution in [0.1, 0.15) is 35.2 Å². The van der Waals surface area contributed by atoms with Crippen molar-refractivity contribution in [3.8, 4) is 6.07 Å². The summed E-state index contributed by atoms with van der Waals surface area (Å²) in [6.07, 6.45) is 0.902. The van der Waals surface area contributed by atoms with Crippen LogP contribution in [0, 0.1) is 16.7 Å². The molecule has 1 aliphatic rings. The van der Waals surface area contributed by atoms with Gasteiger partial charge in [0.2, 0.25) is 5.91 Å². The van der Waals surface area contributed by atoms with Gasteiger partial charge in [-0.15, -0.1) is 0 Å². The van der Waals surface area contributed by atoms with E-state index >= 15 is 0 Å². The van der Waals surface area contributed by atoms with E-state index in [2.05, 4.69) is 30.0 Å². The third-order valence-corrected chi connectivity index (χ3v) is 8.79. The molecule has 4 aromatic rings. The summed E-state index contributed by atoms with van der Waals surface area (Å²) in [6.45, 7) is 2.49. The molecular weight excluding hydrogens is 593 g/mol. The minimum atomic E-state index is -0.909. The third kappa shape index (κ3) is 6.12. The Morgan fingerprint density at radius 1 is 0.878 bits per heavy atom. The molecule has 1 saturated heterocycles. The largest absolute Gasteiger partial charge is 0.341 e. The van der Waals surface area contributed by atoms with Crippen LogP contribution in [-0.4, -0.2) is 22.5 Å². The van der Waals surface area contributed by atoms with Crippen molar-refractivity contribution in [2.75, 3.05) is 11.4 Å². The Hall–Kier alpha value is -3.40. The first-order valence-corrected chi connectivity index (χ1v) is 14.6. The zero-order valence-corrected chi connectivity index (χ0v) is 25.3. The number of anilines is 1. The van der Waals surface area contributed by atoms with Crippen molar-refractivity contribution in [1.82, 2.24) is 4.90 Å². The predicted molar refractivity (Wildman–Crippen MR) is 171 cm³/mol. The molecule has 41 heavy (non-hydrogen) atoms. The van der Waals surface area contributed by atoms with Crippen LogP contribution in [0.2, 0.25) is 15.1 Å². The number of thiocarbonyl (C=S) groups is 1. The number of hydrogen-bond acceptors (Lipinski definition) is 3. The summed E-state index contributed by atoms with van der Waals surface area (Å²) in [4.78, 5) is 18.5. The van der Waals surface area contributed by atoms with Crippen molar-refractivity contribution in [2.45, 2.75) is 25.8 Å². The van der Waals surface area contributed by atoms with Gasteiger partial charge in [0, 0.05) is 16.6 Å². The lowest BCUT2D eigenvalue weighted by atomic mass is 9.73. The van der Waals surface area contributed by atoms with Crippen LogP contribution in [0.15, 0.2) is 97.1 Å². The molecule has 1 heterocycles. The fourth-order valence-electron chi connectivity index (χ4n) is 5.40. The number of amides is 1. The van der Waals surface area contributed by atoms with E-state index in [1.807, 2.05) is 66.7 Å². The van der Waals surface area contributed by atoms with Crippen molar-refractivity contribution in [3.05, 3.63) is 134 Å². The highest BCUT2D eigenvalue weighted by molar-refractivity contribution is 7.80. The molecule has 1 aliphatic heterocycles. The van der Waals surface area contributed by atoms with E-state index < -0.39 is 5.41 Å². The number of nitrogens with zero attached hydrogens (tertiary/aromatic N) is 3. The van der Waals surface area contributed by atoms with Crippen LogP contribution in [0.4, 0.5) is 5.69 Å². The third-order valence-electron chi connectivity index (χ3n) is 7.56. The highest BCUT2D eigenvalue weighted by Crippen LogP contribution is 2.41. The molecular formula is C33H26Cl3N3OS. The van der Waals surface area contributed by atoms with Gasteiger partial charge < -0.3 is 4.90 Å². The molecule has 0 spiro atoms. The summed E-state index contributed by atoms with van der Waals surface area (Å²) in [5.74, 6) is -0.135. The molecule has 1 amide bonds. The van der Waals surface area contributed by atoms with E-state index in [0.717, 1.165) is 16.7 Å². The molecule has 0 aromatic heterocycles. The van der Waals surface area contributed by atoms with Gasteiger partial charge in [-0.25, -0.2) is 0 Å². The maximum absolute atomic E-state index is 14.8. The Morgan fingerprint density at radius 2 is 1.44 bits per heavy atom. The Kier molecular flexibility index (Phi) is 8.68. The number of nitriles is 1. The zero-order valence-electron chi connectivity index (χ0n) is 22.2. The van der Waals surface area contributed by atoms with E-state index in [-0.39, 0.29) is 17.0 Å². The Balaban J connectivity index is 1.68. The summed E-state index contributed by atoms with van der Waals surface area (Å²) in [7, 11) is 0. The van der Waals surface area contributed by atoms with Gasteiger partial charge in [0.25, 0.3) is 0 Å². The maximum atomic E-state index is 14.8. The van der Waals surface area contributed by atoms with Crippen molar-refractivity contribution in [1.29, 1.82) is 5.26 Å². The highest BCUT2D eigenvalue weighted by Gasteiger charge is 2.50. The van der Waals surface area contributed by atoms with Crippen molar-refractivity contribution < 1.29 is 4.79 Å². The topological polar surface area (TPSA) is 47.3 Å². The average molecular weight is 619 g/mol. The van der Waals surface area contributed by atoms with Crippen LogP contribution in [0.25, 0.3) is 0 Å². The SMILES string of the molecule is C[C@@H](c1ccccc1)N1CC(Cc2ccc(Cl)cc2)(Cc2ccc(Cl)cc2)C(=O)N(c2ccc(C#N)c(Cl)c2)C1=S. The first-order valence-electron chi connectivity index (χ1n) is 13.1. The van der Waals surface area contributed by atoms with Gasteiger partial charge in [0.1, 0.15) is 6.07 Å². The molecule has 8 heteroatoms. The molecule has 1 fully saturated rings. The molecule has 4 aromatic carbocycles. The summed E-state index contributed by atoms with van der Waals surface area (Å²) in [6, 6.07) is 32.2. The minimum Gasteiger partial charge on any atom is -0.341 e. The lowest BCUT2D eigenvalue weighted by Crippen LogP contribution is -2.64. The lowest BCUT2D eigenvalue weighted by Gasteiger charge is -2.50. The molecule has 0 bridgehead atoms. The van der Waals surface area contributed by atoms with Crippen LogP contribution in [0.5, 0.6) is 0 Å². The predicted octanol–water partition coefficient (Wildman–Crippen LogP) is 8.68. The molecule has 0 unspecified atom stereocenters. The summed E-state index contributed by atoms with van der Waals surface area (Å²) in [5, 5.41) is 11.3. The number of carbonyl (C=O) groups excluding carboxylic acids is 1. The second-order valence-electron chi connectivity index (χ2n) is 10.3. The monoisotopic (exact) mass is 617 g/mol. The molecule has 5 rings (SSSR count). The number of rotatable bonds is 7. The molecule has 0 saturated carbocycles. The molecule has 0 radical (unpaired) electrons. The summed E-state index contributed by atoms with van der Waals surface area (Å²) >= 11 is 24.9. The summed E-state index contributed by atoms with van der Waals surface area (Å²) < 4.78 is 0. The summed E-state index contributed by atoms with van der Waals surface area (Å²) in [5.41, 5.74) is 2.98. The van der Waals surface area contributed by atoms with Gasteiger partial charge in [0.15, 0.2) is 5.11 Å². The smallest absolute Gasteiger partial charge is 0.242 e. The Bertz CT molecular complexity index is 1570. The van der Waals surface area contributed by atoms with E-state index in [9.17, 15) is 10.1 Å². The first-order chi connectivity index (χ1) is 19.7. The van der Waals surface area contributed by atoms with E-state index in [4.69, 9.17) is 47.0 Å².